The molecule has 37 heavy (non-hydrogen) atoms. The molecular formula is C29H44N2O5S. The number of amides is 2. The molecule has 0 aliphatic carbocycles. The Kier molecular flexibility index (Phi) is 7.20. The molecule has 4 heterocycles. The van der Waals surface area contributed by atoms with Crippen molar-refractivity contribution < 1.29 is 24.2 Å². The van der Waals surface area contributed by atoms with Crippen molar-refractivity contribution in [1.29, 1.82) is 0 Å². The van der Waals surface area contributed by atoms with E-state index >= 15 is 0 Å². The van der Waals surface area contributed by atoms with Gasteiger partial charge in [0.15, 0.2) is 0 Å². The van der Waals surface area contributed by atoms with E-state index in [1.165, 1.54) is 0 Å². The molecule has 1 unspecified atom stereocenters. The van der Waals surface area contributed by atoms with Gasteiger partial charge in [-0.25, -0.2) is 0 Å². The molecule has 7 nitrogen and oxygen atoms in total. The molecule has 8 heteroatoms. The van der Waals surface area contributed by atoms with Gasteiger partial charge >= 0.3 is 5.97 Å². The lowest BCUT2D eigenvalue weighted by molar-refractivity contribution is -0.154. The molecule has 2 amide bonds. The number of fused-ring (bicyclic) bond motifs is 2. The molecule has 0 saturated carbocycles. The first-order chi connectivity index (χ1) is 17.1. The molecule has 0 bridgehead atoms. The SMILES string of the molecule is CC[C@H](C)[C@H](CO)N1C(=O)[C@@H]2[C@H]3C(=O)OCC=C[C@@]3(C)S[C@@]23C=CCN(C(C)(C)CC(C)(C)C)C(=O)C13. The van der Waals surface area contributed by atoms with Crippen LogP contribution in [0.15, 0.2) is 24.3 Å². The molecule has 0 aromatic heterocycles. The highest BCUT2D eigenvalue weighted by atomic mass is 32.2. The predicted molar refractivity (Wildman–Crippen MR) is 146 cm³/mol. The van der Waals surface area contributed by atoms with E-state index in [1.54, 1.807) is 16.7 Å². The zero-order valence-corrected chi connectivity index (χ0v) is 24.4. The number of thioether (sulfide) groups is 1. The Labute approximate surface area is 226 Å². The smallest absolute Gasteiger partial charge is 0.311 e. The molecule has 7 atom stereocenters. The highest BCUT2D eigenvalue weighted by molar-refractivity contribution is 8.02. The molecule has 2 fully saturated rings. The topological polar surface area (TPSA) is 87.2 Å². The number of nitrogens with zero attached hydrogens (tertiary/aromatic N) is 2. The lowest BCUT2D eigenvalue weighted by Crippen LogP contribution is -2.61. The third-order valence-corrected chi connectivity index (χ3v) is 10.6. The van der Waals surface area contributed by atoms with Gasteiger partial charge in [0, 0.05) is 16.8 Å². The Morgan fingerprint density at radius 3 is 2.38 bits per heavy atom. The fraction of sp³-hybridized carbons (Fsp3) is 0.759. The minimum absolute atomic E-state index is 0.00705. The Morgan fingerprint density at radius 2 is 1.78 bits per heavy atom. The molecule has 0 radical (unpaired) electrons. The summed E-state index contributed by atoms with van der Waals surface area (Å²) in [7, 11) is 0. The van der Waals surface area contributed by atoms with Gasteiger partial charge in [0.05, 0.1) is 29.2 Å². The summed E-state index contributed by atoms with van der Waals surface area (Å²) in [6, 6.07) is -1.33. The van der Waals surface area contributed by atoms with E-state index in [0.29, 0.717) is 6.54 Å². The van der Waals surface area contributed by atoms with E-state index in [0.717, 1.165) is 12.8 Å². The van der Waals surface area contributed by atoms with Crippen LogP contribution in [0.4, 0.5) is 0 Å². The summed E-state index contributed by atoms with van der Waals surface area (Å²) in [4.78, 5) is 46.0. The van der Waals surface area contributed by atoms with Crippen LogP contribution in [0, 0.1) is 23.2 Å². The lowest BCUT2D eigenvalue weighted by Gasteiger charge is -2.46. The molecule has 4 rings (SSSR count). The summed E-state index contributed by atoms with van der Waals surface area (Å²) in [5.74, 6) is -2.20. The van der Waals surface area contributed by atoms with Gasteiger partial charge in [-0.15, -0.1) is 11.8 Å². The number of aliphatic hydroxyl groups is 1. The van der Waals surface area contributed by atoms with E-state index in [2.05, 4.69) is 34.6 Å². The summed E-state index contributed by atoms with van der Waals surface area (Å²) in [5, 5.41) is 10.5. The Balaban J connectivity index is 1.90. The van der Waals surface area contributed by atoms with Crippen molar-refractivity contribution in [1.82, 2.24) is 9.80 Å². The number of esters is 1. The molecule has 1 N–H and O–H groups in total. The average Bonchev–Trinajstić information content (AvgIpc) is 3.03. The highest BCUT2D eigenvalue weighted by Gasteiger charge is 2.75. The number of carbonyl (C=O) groups is 3. The first-order valence-electron chi connectivity index (χ1n) is 13.6. The zero-order chi connectivity index (χ0) is 27.6. The van der Waals surface area contributed by atoms with E-state index < -0.39 is 44.9 Å². The maximum absolute atomic E-state index is 14.7. The highest BCUT2D eigenvalue weighted by Crippen LogP contribution is 2.66. The molecular weight excluding hydrogens is 488 g/mol. The van der Waals surface area contributed by atoms with Crippen LogP contribution in [0.1, 0.15) is 68.2 Å². The first kappa shape index (κ1) is 28.2. The minimum atomic E-state index is -0.929. The summed E-state index contributed by atoms with van der Waals surface area (Å²) >= 11 is 1.55. The standard InChI is InChI=1S/C29H44N2O5S/c1-9-18(2)19(16-32)31-22-24(34)30(27(6,7)17-26(3,4)5)14-10-13-29(22)20(23(31)33)21-25(35)36-15-11-12-28(21,8)37-29/h10-13,18-22,32H,9,14-17H2,1-8H3/t18-,19-,20-,21-,22?,28+,29-/m0/s1. The summed E-state index contributed by atoms with van der Waals surface area (Å²) in [6.45, 7) is 17.1. The second-order valence-electron chi connectivity index (χ2n) is 13.3. The van der Waals surface area contributed by atoms with Crippen molar-refractivity contribution in [3.05, 3.63) is 24.3 Å². The van der Waals surface area contributed by atoms with Crippen LogP contribution in [-0.2, 0) is 19.1 Å². The molecule has 4 aliphatic heterocycles. The monoisotopic (exact) mass is 532 g/mol. The van der Waals surface area contributed by atoms with Crippen molar-refractivity contribution >= 4 is 29.5 Å². The van der Waals surface area contributed by atoms with Crippen molar-refractivity contribution in [2.75, 3.05) is 19.8 Å². The van der Waals surface area contributed by atoms with Crippen LogP contribution >= 0.6 is 11.8 Å². The first-order valence-corrected chi connectivity index (χ1v) is 14.4. The van der Waals surface area contributed by atoms with Gasteiger partial charge in [-0.05, 0) is 44.6 Å². The second-order valence-corrected chi connectivity index (χ2v) is 15.1. The molecule has 0 aromatic carbocycles. The molecule has 2 saturated heterocycles. The summed E-state index contributed by atoms with van der Waals surface area (Å²) in [5.41, 5.74) is -0.466. The quantitative estimate of drug-likeness (QED) is 0.414. The van der Waals surface area contributed by atoms with Crippen LogP contribution in [0.25, 0.3) is 0 Å². The molecule has 0 aromatic rings. The maximum atomic E-state index is 14.7. The van der Waals surface area contributed by atoms with Crippen LogP contribution in [0.2, 0.25) is 0 Å². The van der Waals surface area contributed by atoms with Crippen molar-refractivity contribution in [3.8, 4) is 0 Å². The Morgan fingerprint density at radius 1 is 1.11 bits per heavy atom. The van der Waals surface area contributed by atoms with Gasteiger partial charge < -0.3 is 19.6 Å². The number of hydrogen-bond donors (Lipinski definition) is 1. The van der Waals surface area contributed by atoms with Gasteiger partial charge in [0.1, 0.15) is 12.6 Å². The van der Waals surface area contributed by atoms with Gasteiger partial charge in [-0.1, -0.05) is 59.3 Å². The minimum Gasteiger partial charge on any atom is -0.461 e. The second kappa shape index (κ2) is 9.44. The lowest BCUT2D eigenvalue weighted by atomic mass is 9.74. The zero-order valence-electron chi connectivity index (χ0n) is 23.6. The van der Waals surface area contributed by atoms with Crippen LogP contribution in [0.3, 0.4) is 0 Å². The van der Waals surface area contributed by atoms with Crippen LogP contribution in [-0.4, -0.2) is 79.6 Å². The van der Waals surface area contributed by atoms with Crippen molar-refractivity contribution in [2.24, 2.45) is 23.2 Å². The summed E-state index contributed by atoms with van der Waals surface area (Å²) in [6.07, 6.45) is 9.41. The van der Waals surface area contributed by atoms with Crippen LogP contribution < -0.4 is 0 Å². The van der Waals surface area contributed by atoms with E-state index in [4.69, 9.17) is 4.74 Å². The van der Waals surface area contributed by atoms with Gasteiger partial charge in [0.25, 0.3) is 0 Å². The third-order valence-electron chi connectivity index (χ3n) is 8.79. The number of aliphatic hydroxyl groups excluding tert-OH is 1. The van der Waals surface area contributed by atoms with Gasteiger partial charge in [0.2, 0.25) is 11.8 Å². The Bertz CT molecular complexity index is 1020. The Hall–Kier alpha value is -1.80. The average molecular weight is 533 g/mol. The van der Waals surface area contributed by atoms with Gasteiger partial charge in [-0.3, -0.25) is 14.4 Å². The number of likely N-dealkylation sites (tertiary alicyclic amines) is 1. The predicted octanol–water partition coefficient (Wildman–Crippen LogP) is 3.81. The molecule has 1 spiro atoms. The van der Waals surface area contributed by atoms with Crippen molar-refractivity contribution in [2.45, 2.75) is 95.3 Å². The molecule has 206 valence electrons. The van der Waals surface area contributed by atoms with Crippen molar-refractivity contribution in [3.63, 3.8) is 0 Å². The number of carbonyl (C=O) groups excluding carboxylic acids is 3. The maximum Gasteiger partial charge on any atom is 0.311 e. The number of rotatable bonds is 6. The van der Waals surface area contributed by atoms with E-state index in [1.807, 2.05) is 50.0 Å². The third kappa shape index (κ3) is 4.46. The summed E-state index contributed by atoms with van der Waals surface area (Å²) < 4.78 is 3.91. The number of cyclic esters (lactones) is 1. The largest absolute Gasteiger partial charge is 0.461 e. The molecule has 4 aliphatic rings. The fourth-order valence-corrected chi connectivity index (χ4v) is 9.54. The normalized spacial score (nSPS) is 35.5. The number of ether oxygens (including phenoxy) is 1. The van der Waals surface area contributed by atoms with Crippen LogP contribution in [0.5, 0.6) is 0 Å². The number of hydrogen-bond acceptors (Lipinski definition) is 6. The van der Waals surface area contributed by atoms with E-state index in [-0.39, 0.29) is 36.4 Å². The van der Waals surface area contributed by atoms with Gasteiger partial charge in [-0.2, -0.15) is 0 Å². The van der Waals surface area contributed by atoms with E-state index in [9.17, 15) is 19.5 Å². The fourth-order valence-electron chi connectivity index (χ4n) is 7.40.